The van der Waals surface area contributed by atoms with Crippen molar-refractivity contribution in [2.75, 3.05) is 14.2 Å². The van der Waals surface area contributed by atoms with E-state index < -0.39 is 0 Å². The van der Waals surface area contributed by atoms with Crippen LogP contribution in [0.15, 0.2) is 24.3 Å². The summed E-state index contributed by atoms with van der Waals surface area (Å²) >= 11 is 0. The third-order valence-electron chi connectivity index (χ3n) is 8.44. The van der Waals surface area contributed by atoms with Crippen LogP contribution in [0, 0.1) is 38.5 Å². The Kier molecular flexibility index (Phi) is 8.29. The first kappa shape index (κ1) is 30.1. The summed E-state index contributed by atoms with van der Waals surface area (Å²) in [5.74, 6) is 5.04. The van der Waals surface area contributed by atoms with Crippen molar-refractivity contribution < 1.29 is 19.1 Å². The second kappa shape index (κ2) is 12.1. The van der Waals surface area contributed by atoms with Gasteiger partial charge in [0.15, 0.2) is 0 Å². The topological polar surface area (TPSA) is 110 Å². The van der Waals surface area contributed by atoms with Crippen LogP contribution in [0.25, 0.3) is 44.4 Å². The van der Waals surface area contributed by atoms with Gasteiger partial charge in [-0.05, 0) is 98.2 Å². The molecule has 0 atom stereocenters. The number of nitrogens with zero attached hydrogens (tertiary/aromatic N) is 2. The number of hydrogen-bond donors (Lipinski definition) is 2. The zero-order valence-electron chi connectivity index (χ0n) is 25.8. The number of nitrogens with one attached hydrogen (secondary N) is 2. The highest BCUT2D eigenvalue weighted by molar-refractivity contribution is 6.00. The highest BCUT2D eigenvalue weighted by Gasteiger charge is 2.22. The fourth-order valence-electron chi connectivity index (χ4n) is 5.77. The SMILES string of the molecule is C#CC1=C(C)c2cc3nc(cc4[nH]c(cc5[nH]c(cc1n2)c(C)c5C#C)c(C)c4CCC(=O)OC)C(CCC(=O)OC)=C3C. The number of hydrogen-bond acceptors (Lipinski definition) is 6. The predicted octanol–water partition coefficient (Wildman–Crippen LogP) is 6.47. The number of esters is 2. The van der Waals surface area contributed by atoms with E-state index in [0.717, 1.165) is 66.7 Å². The van der Waals surface area contributed by atoms with Gasteiger partial charge < -0.3 is 19.4 Å². The van der Waals surface area contributed by atoms with Crippen LogP contribution in [0.4, 0.5) is 0 Å². The number of ether oxygens (including phenoxy) is 2. The van der Waals surface area contributed by atoms with E-state index in [-0.39, 0.29) is 24.8 Å². The lowest BCUT2D eigenvalue weighted by Gasteiger charge is -2.04. The van der Waals surface area contributed by atoms with Gasteiger partial charge in [0, 0.05) is 29.4 Å². The summed E-state index contributed by atoms with van der Waals surface area (Å²) in [7, 11) is 2.77. The molecule has 0 amide bonds. The molecule has 8 bridgehead atoms. The van der Waals surface area contributed by atoms with Crippen molar-refractivity contribution in [2.24, 2.45) is 0 Å². The minimum absolute atomic E-state index is 0.207. The van der Waals surface area contributed by atoms with E-state index in [4.69, 9.17) is 32.3 Å². The van der Waals surface area contributed by atoms with Crippen LogP contribution in [-0.4, -0.2) is 46.1 Å². The maximum absolute atomic E-state index is 12.1. The van der Waals surface area contributed by atoms with Gasteiger partial charge in [-0.15, -0.1) is 12.8 Å². The van der Waals surface area contributed by atoms with Crippen LogP contribution < -0.4 is 0 Å². The molecule has 44 heavy (non-hydrogen) atoms. The molecule has 5 rings (SSSR count). The summed E-state index contributed by atoms with van der Waals surface area (Å²) in [4.78, 5) is 41.2. The molecule has 3 aromatic heterocycles. The van der Waals surface area contributed by atoms with E-state index in [1.54, 1.807) is 0 Å². The molecule has 222 valence electrons. The molecule has 2 aliphatic rings. The van der Waals surface area contributed by atoms with E-state index >= 15 is 0 Å². The number of aromatic nitrogens is 4. The minimum atomic E-state index is -0.302. The van der Waals surface area contributed by atoms with Gasteiger partial charge in [0.1, 0.15) is 0 Å². The first-order valence-electron chi connectivity index (χ1n) is 14.3. The quantitative estimate of drug-likeness (QED) is 0.253. The summed E-state index contributed by atoms with van der Waals surface area (Å²) < 4.78 is 9.85. The summed E-state index contributed by atoms with van der Waals surface area (Å²) in [5, 5.41) is 0. The Balaban J connectivity index is 1.91. The Bertz CT molecular complexity index is 2040. The highest BCUT2D eigenvalue weighted by atomic mass is 16.5. The third-order valence-corrected chi connectivity index (χ3v) is 8.44. The van der Waals surface area contributed by atoms with Crippen molar-refractivity contribution in [2.45, 2.75) is 53.4 Å². The number of carbonyl (C=O) groups excluding carboxylic acids is 2. The second-order valence-corrected chi connectivity index (χ2v) is 10.9. The van der Waals surface area contributed by atoms with Crippen LogP contribution in [0.5, 0.6) is 0 Å². The number of methoxy groups -OCH3 is 2. The first-order valence-corrected chi connectivity index (χ1v) is 14.3. The summed E-state index contributed by atoms with van der Waals surface area (Å²) in [6.07, 6.45) is 13.3. The molecule has 0 fully saturated rings. The highest BCUT2D eigenvalue weighted by Crippen LogP contribution is 2.36. The fourth-order valence-corrected chi connectivity index (χ4v) is 5.77. The van der Waals surface area contributed by atoms with Crippen LogP contribution >= 0.6 is 0 Å². The lowest BCUT2D eigenvalue weighted by Crippen LogP contribution is -2.02. The van der Waals surface area contributed by atoms with E-state index in [2.05, 4.69) is 21.8 Å². The van der Waals surface area contributed by atoms with Gasteiger partial charge in [0.2, 0.25) is 0 Å². The molecule has 8 nitrogen and oxygen atoms in total. The van der Waals surface area contributed by atoms with Gasteiger partial charge in [0.05, 0.1) is 53.6 Å². The van der Waals surface area contributed by atoms with Crippen molar-refractivity contribution in [1.82, 2.24) is 19.9 Å². The molecule has 8 heteroatoms. The maximum Gasteiger partial charge on any atom is 0.305 e. The van der Waals surface area contributed by atoms with E-state index in [9.17, 15) is 9.59 Å². The Morgan fingerprint density at radius 1 is 0.705 bits per heavy atom. The van der Waals surface area contributed by atoms with Crippen molar-refractivity contribution in [1.29, 1.82) is 0 Å². The number of fused-ring (bicyclic) bond motifs is 8. The number of aryl methyl sites for hydroxylation is 3. The number of carbonyl (C=O) groups is 2. The Morgan fingerprint density at radius 2 is 1.30 bits per heavy atom. The molecule has 0 aromatic carbocycles. The number of rotatable bonds is 6. The van der Waals surface area contributed by atoms with Gasteiger partial charge >= 0.3 is 11.9 Å². The van der Waals surface area contributed by atoms with Crippen molar-refractivity contribution >= 4 is 56.3 Å². The molecular formula is C36H34N4O4. The average Bonchev–Trinajstić information content (AvgIpc) is 3.67. The predicted molar refractivity (Wildman–Crippen MR) is 174 cm³/mol. The smallest absolute Gasteiger partial charge is 0.305 e. The third kappa shape index (κ3) is 5.43. The minimum Gasteiger partial charge on any atom is -0.469 e. The van der Waals surface area contributed by atoms with E-state index in [0.29, 0.717) is 35.5 Å². The van der Waals surface area contributed by atoms with Gasteiger partial charge in [-0.3, -0.25) is 9.59 Å². The molecule has 3 aromatic rings. The largest absolute Gasteiger partial charge is 0.469 e. The number of allylic oxidation sites excluding steroid dienone is 4. The zero-order valence-corrected chi connectivity index (χ0v) is 25.8. The standard InChI is InChI=1S/C36H34N4O4/c1-9-23-19(3)27-15-28-21(5)25(11-13-35(41)43-7)33(39-28)18-34-26(12-14-36(42)44-8)22(6)30(40-34)17-32-24(10-2)20(4)29(38-32)16-31(23)37-27/h1-2,15-18,38,40H,11-14H2,3-8H3. The van der Waals surface area contributed by atoms with E-state index in [1.807, 2.05) is 52.0 Å². The number of aromatic amines is 2. The van der Waals surface area contributed by atoms with Gasteiger partial charge in [-0.1, -0.05) is 11.8 Å². The summed E-state index contributed by atoms with van der Waals surface area (Å²) in [6, 6.07) is 7.83. The maximum atomic E-state index is 12.1. The van der Waals surface area contributed by atoms with Crippen LogP contribution in [0.3, 0.4) is 0 Å². The monoisotopic (exact) mass is 586 g/mol. The molecule has 2 N–H and O–H groups in total. The van der Waals surface area contributed by atoms with Crippen molar-refractivity contribution in [3.63, 3.8) is 0 Å². The molecule has 0 radical (unpaired) electrons. The second-order valence-electron chi connectivity index (χ2n) is 10.9. The van der Waals surface area contributed by atoms with Crippen molar-refractivity contribution in [3.05, 3.63) is 69.3 Å². The van der Waals surface area contributed by atoms with Gasteiger partial charge in [0.25, 0.3) is 0 Å². The normalized spacial score (nSPS) is 12.6. The summed E-state index contributed by atoms with van der Waals surface area (Å²) in [6.45, 7) is 7.93. The molecule has 0 spiro atoms. The molecule has 0 unspecified atom stereocenters. The van der Waals surface area contributed by atoms with Crippen LogP contribution in [-0.2, 0) is 25.5 Å². The fraction of sp³-hybridized carbons (Fsp3) is 0.278. The van der Waals surface area contributed by atoms with Crippen molar-refractivity contribution in [3.8, 4) is 24.7 Å². The number of terminal acetylenes is 2. The van der Waals surface area contributed by atoms with Crippen LogP contribution in [0.2, 0.25) is 0 Å². The lowest BCUT2D eigenvalue weighted by molar-refractivity contribution is -0.141. The molecule has 0 saturated carbocycles. The van der Waals surface area contributed by atoms with Gasteiger partial charge in [-0.25, -0.2) is 9.97 Å². The molecular weight excluding hydrogens is 552 g/mol. The molecule has 2 aliphatic heterocycles. The zero-order chi connectivity index (χ0) is 31.7. The lowest BCUT2D eigenvalue weighted by atomic mass is 10.00. The molecule has 0 aliphatic carbocycles. The Hall–Kier alpha value is -5.34. The van der Waals surface area contributed by atoms with Crippen LogP contribution in [0.1, 0.15) is 78.1 Å². The number of H-pyrrole nitrogens is 2. The Morgan fingerprint density at radius 3 is 1.95 bits per heavy atom. The summed E-state index contributed by atoms with van der Waals surface area (Å²) in [5.41, 5.74) is 13.1. The van der Waals surface area contributed by atoms with Gasteiger partial charge in [-0.2, -0.15) is 0 Å². The first-order chi connectivity index (χ1) is 21.1. The molecule has 0 saturated heterocycles. The van der Waals surface area contributed by atoms with E-state index in [1.165, 1.54) is 14.2 Å². The Labute approximate surface area is 256 Å². The molecule has 5 heterocycles. The average molecular weight is 587 g/mol.